The lowest BCUT2D eigenvalue weighted by atomic mass is 10.0. The van der Waals surface area contributed by atoms with Crippen LogP contribution in [0.25, 0.3) is 0 Å². The summed E-state index contributed by atoms with van der Waals surface area (Å²) < 4.78 is 17.0. The van der Waals surface area contributed by atoms with Crippen molar-refractivity contribution >= 4 is 39.9 Å². The summed E-state index contributed by atoms with van der Waals surface area (Å²) >= 11 is 3.30. The minimum absolute atomic E-state index is 0.0304. The Morgan fingerprint density at radius 1 is 0.917 bits per heavy atom. The van der Waals surface area contributed by atoms with Crippen molar-refractivity contribution in [3.05, 3.63) is 101 Å². The number of halogens is 1. The topological polar surface area (TPSA) is 114 Å². The van der Waals surface area contributed by atoms with Gasteiger partial charge in [0, 0.05) is 0 Å². The Labute approximate surface area is 213 Å². The number of hydrogen-bond donors (Lipinski definition) is 1. The number of benzene rings is 3. The van der Waals surface area contributed by atoms with Gasteiger partial charge in [0.05, 0.1) is 16.5 Å². The highest BCUT2D eigenvalue weighted by molar-refractivity contribution is 9.10. The van der Waals surface area contributed by atoms with E-state index in [9.17, 15) is 14.7 Å². The monoisotopic (exact) mass is 547 g/mol. The first-order valence-corrected chi connectivity index (χ1v) is 11.6. The van der Waals surface area contributed by atoms with Gasteiger partial charge in [-0.1, -0.05) is 42.5 Å². The fourth-order valence-electron chi connectivity index (χ4n) is 3.76. The molecule has 1 N–H and O–H groups in total. The second-order valence-electron chi connectivity index (χ2n) is 7.67. The molecular weight excluding hydrogens is 530 g/mol. The van der Waals surface area contributed by atoms with Crippen molar-refractivity contribution in [3.63, 3.8) is 0 Å². The van der Waals surface area contributed by atoms with E-state index in [1.165, 1.54) is 11.2 Å². The summed E-state index contributed by atoms with van der Waals surface area (Å²) in [4.78, 5) is 36.1. The number of aliphatic imine (C=N–C) groups is 1. The van der Waals surface area contributed by atoms with Crippen LogP contribution < -0.4 is 14.4 Å². The lowest BCUT2D eigenvalue weighted by Crippen LogP contribution is -2.36. The molecule has 5 rings (SSSR count). The van der Waals surface area contributed by atoms with E-state index in [0.29, 0.717) is 21.7 Å². The molecule has 0 bridgehead atoms. The number of para-hydroxylation sites is 3. The van der Waals surface area contributed by atoms with E-state index < -0.39 is 24.0 Å². The number of oxazole rings is 1. The molecule has 180 valence electrons. The lowest BCUT2D eigenvalue weighted by Gasteiger charge is -2.26. The first-order valence-electron chi connectivity index (χ1n) is 10.8. The fourth-order valence-corrected chi connectivity index (χ4v) is 4.12. The third-order valence-corrected chi connectivity index (χ3v) is 6.05. The average Bonchev–Trinajstić information content (AvgIpc) is 3.54. The van der Waals surface area contributed by atoms with Crippen LogP contribution >= 0.6 is 15.9 Å². The van der Waals surface area contributed by atoms with E-state index in [4.69, 9.17) is 13.9 Å². The van der Waals surface area contributed by atoms with Crippen LogP contribution in [0.15, 0.2) is 99.1 Å². The van der Waals surface area contributed by atoms with E-state index in [-0.39, 0.29) is 17.2 Å². The first kappa shape index (κ1) is 23.3. The minimum atomic E-state index is -1.14. The predicted molar refractivity (Wildman–Crippen MR) is 133 cm³/mol. The van der Waals surface area contributed by atoms with Crippen LogP contribution in [0, 0.1) is 0 Å². The summed E-state index contributed by atoms with van der Waals surface area (Å²) in [5.41, 5.74) is 0.193. The van der Waals surface area contributed by atoms with Crippen molar-refractivity contribution in [2.75, 3.05) is 4.90 Å². The molecule has 0 saturated carbocycles. The molecule has 9 nitrogen and oxygen atoms in total. The Kier molecular flexibility index (Phi) is 6.50. The Bertz CT molecular complexity index is 1420. The second kappa shape index (κ2) is 10.0. The maximum Gasteiger partial charge on any atom is 0.366 e. The molecule has 3 aromatic carbocycles. The number of esters is 2. The van der Waals surface area contributed by atoms with Gasteiger partial charge in [-0.25, -0.2) is 14.6 Å². The molecule has 0 saturated heterocycles. The van der Waals surface area contributed by atoms with Crippen LogP contribution in [0.5, 0.6) is 17.2 Å². The summed E-state index contributed by atoms with van der Waals surface area (Å²) in [6, 6.07) is 19.9. The standard InChI is InChI=1S/C26H18BrN3O6/c27-18-12-7-13-19(23(18)31)30-14-28-20(25(32)35-16-8-3-1-4-9-16)22(30)24-21(29-15-34-24)26(33)36-17-10-5-2-6-11-17/h1-15,20,22,31H/t20-,22-/m1/s1. The number of aromatic nitrogens is 1. The van der Waals surface area contributed by atoms with Gasteiger partial charge in [0.1, 0.15) is 17.5 Å². The molecule has 10 heteroatoms. The average molecular weight is 548 g/mol. The third-order valence-electron chi connectivity index (χ3n) is 5.41. The van der Waals surface area contributed by atoms with Crippen molar-refractivity contribution < 1.29 is 28.6 Å². The molecule has 4 aromatic rings. The zero-order valence-electron chi connectivity index (χ0n) is 18.5. The van der Waals surface area contributed by atoms with Crippen molar-refractivity contribution in [1.29, 1.82) is 0 Å². The van der Waals surface area contributed by atoms with Crippen LogP contribution in [0.3, 0.4) is 0 Å². The van der Waals surface area contributed by atoms with Crippen LogP contribution in [-0.2, 0) is 4.79 Å². The molecule has 0 unspecified atom stereocenters. The van der Waals surface area contributed by atoms with E-state index >= 15 is 0 Å². The normalized spacial score (nSPS) is 16.6. The fraction of sp³-hybridized carbons (Fsp3) is 0.0769. The summed E-state index contributed by atoms with van der Waals surface area (Å²) in [7, 11) is 0. The predicted octanol–water partition coefficient (Wildman–Crippen LogP) is 4.93. The van der Waals surface area contributed by atoms with Crippen LogP contribution in [0.1, 0.15) is 22.3 Å². The van der Waals surface area contributed by atoms with E-state index in [1.807, 2.05) is 0 Å². The SMILES string of the molecule is O=C(Oc1ccccc1)c1ncoc1[C@H]1[C@H](C(=O)Oc2ccccc2)N=CN1c1cccc(Br)c1O. The van der Waals surface area contributed by atoms with Gasteiger partial charge in [0.25, 0.3) is 0 Å². The molecular formula is C26H18BrN3O6. The molecule has 0 aliphatic carbocycles. The third kappa shape index (κ3) is 4.58. The van der Waals surface area contributed by atoms with E-state index in [1.54, 1.807) is 78.9 Å². The van der Waals surface area contributed by atoms with Gasteiger partial charge in [-0.05, 0) is 52.3 Å². The zero-order chi connectivity index (χ0) is 25.1. The van der Waals surface area contributed by atoms with Crippen molar-refractivity contribution in [2.24, 2.45) is 4.99 Å². The quantitative estimate of drug-likeness (QED) is 0.267. The zero-order valence-corrected chi connectivity index (χ0v) is 20.1. The highest BCUT2D eigenvalue weighted by atomic mass is 79.9. The van der Waals surface area contributed by atoms with E-state index in [0.717, 1.165) is 6.39 Å². The minimum Gasteiger partial charge on any atom is -0.505 e. The Balaban J connectivity index is 1.52. The van der Waals surface area contributed by atoms with Crippen molar-refractivity contribution in [1.82, 2.24) is 4.98 Å². The number of carbonyl (C=O) groups is 2. The molecule has 0 radical (unpaired) electrons. The number of rotatable bonds is 6. The van der Waals surface area contributed by atoms with Crippen molar-refractivity contribution in [2.45, 2.75) is 12.1 Å². The van der Waals surface area contributed by atoms with Gasteiger partial charge < -0.3 is 23.9 Å². The Hall–Kier alpha value is -4.44. The number of carbonyl (C=O) groups excluding carboxylic acids is 2. The van der Waals surface area contributed by atoms with E-state index in [2.05, 4.69) is 25.9 Å². The number of phenolic OH excluding ortho intramolecular Hbond substituents is 1. The first-order chi connectivity index (χ1) is 17.5. The van der Waals surface area contributed by atoms with Gasteiger partial charge >= 0.3 is 11.9 Å². The van der Waals surface area contributed by atoms with Crippen molar-refractivity contribution in [3.8, 4) is 17.2 Å². The summed E-state index contributed by atoms with van der Waals surface area (Å²) in [5.74, 6) is -0.854. The number of anilines is 1. The Morgan fingerprint density at radius 3 is 2.28 bits per heavy atom. The summed E-state index contributed by atoms with van der Waals surface area (Å²) in [6.45, 7) is 0. The largest absolute Gasteiger partial charge is 0.505 e. The number of aromatic hydroxyl groups is 1. The Morgan fingerprint density at radius 2 is 1.58 bits per heavy atom. The summed E-state index contributed by atoms with van der Waals surface area (Å²) in [5, 5.41) is 10.7. The molecule has 0 amide bonds. The van der Waals surface area contributed by atoms with Crippen LogP contribution in [0.2, 0.25) is 0 Å². The molecule has 0 fully saturated rings. The number of nitrogens with zero attached hydrogens (tertiary/aromatic N) is 3. The van der Waals surface area contributed by atoms with Gasteiger partial charge in [0.15, 0.2) is 29.6 Å². The lowest BCUT2D eigenvalue weighted by molar-refractivity contribution is -0.136. The van der Waals surface area contributed by atoms with Gasteiger partial charge in [-0.15, -0.1) is 0 Å². The number of ether oxygens (including phenoxy) is 2. The maximum atomic E-state index is 13.2. The van der Waals surface area contributed by atoms with Gasteiger partial charge in [-0.2, -0.15) is 0 Å². The molecule has 2 heterocycles. The molecule has 1 aliphatic heterocycles. The maximum absolute atomic E-state index is 13.2. The molecule has 2 atom stereocenters. The highest BCUT2D eigenvalue weighted by Crippen LogP contribution is 2.42. The smallest absolute Gasteiger partial charge is 0.366 e. The van der Waals surface area contributed by atoms with Crippen LogP contribution in [-0.4, -0.2) is 34.4 Å². The van der Waals surface area contributed by atoms with Crippen LogP contribution in [0.4, 0.5) is 5.69 Å². The summed E-state index contributed by atoms with van der Waals surface area (Å²) in [6.07, 6.45) is 2.48. The van der Waals surface area contributed by atoms with Gasteiger partial charge in [0.2, 0.25) is 0 Å². The molecule has 36 heavy (non-hydrogen) atoms. The number of phenols is 1. The number of hydrogen-bond acceptors (Lipinski definition) is 9. The molecule has 0 spiro atoms. The molecule has 1 aliphatic rings. The van der Waals surface area contributed by atoms with Gasteiger partial charge in [-0.3, -0.25) is 4.99 Å². The molecule has 1 aromatic heterocycles. The highest BCUT2D eigenvalue weighted by Gasteiger charge is 2.44. The second-order valence-corrected chi connectivity index (χ2v) is 8.53.